The van der Waals surface area contributed by atoms with E-state index in [1.54, 1.807) is 12.1 Å². The lowest BCUT2D eigenvalue weighted by Crippen LogP contribution is -2.45. The minimum Gasteiger partial charge on any atom is -0.314 e. The van der Waals surface area contributed by atoms with E-state index in [-0.39, 0.29) is 41.5 Å². The van der Waals surface area contributed by atoms with Crippen molar-refractivity contribution in [1.82, 2.24) is 10.2 Å². The standard InChI is InChI=1S/C17H25F3N2S.2ClH/c1-13(2)3-8-16(22-11-9-21-10-12-22)14-4-6-15(7-5-14)23-17(18,19)20;;/h4-7,13,16,21H,3,8-12H2,1-2H3;2*1H/t16-;;/m0../s1. The fourth-order valence-electron chi connectivity index (χ4n) is 2.94. The third-order valence-electron chi connectivity index (χ3n) is 4.11. The maximum Gasteiger partial charge on any atom is 0.446 e. The molecule has 1 heterocycles. The van der Waals surface area contributed by atoms with Crippen molar-refractivity contribution in [2.24, 2.45) is 5.92 Å². The molecule has 0 spiro atoms. The zero-order valence-electron chi connectivity index (χ0n) is 14.5. The quantitative estimate of drug-likeness (QED) is 0.611. The van der Waals surface area contributed by atoms with E-state index in [2.05, 4.69) is 24.1 Å². The Labute approximate surface area is 165 Å². The summed E-state index contributed by atoms with van der Waals surface area (Å²) in [5, 5.41) is 3.35. The van der Waals surface area contributed by atoms with Crippen LogP contribution in [0.15, 0.2) is 29.2 Å². The molecule has 2 rings (SSSR count). The van der Waals surface area contributed by atoms with Crippen LogP contribution in [0.2, 0.25) is 0 Å². The lowest BCUT2D eigenvalue weighted by molar-refractivity contribution is -0.0328. The molecule has 1 fully saturated rings. The molecule has 0 saturated carbocycles. The number of benzene rings is 1. The van der Waals surface area contributed by atoms with E-state index >= 15 is 0 Å². The molecule has 25 heavy (non-hydrogen) atoms. The van der Waals surface area contributed by atoms with E-state index in [1.165, 1.54) is 0 Å². The number of thioether (sulfide) groups is 1. The first-order valence-electron chi connectivity index (χ1n) is 8.15. The van der Waals surface area contributed by atoms with Crippen molar-refractivity contribution in [3.63, 3.8) is 0 Å². The van der Waals surface area contributed by atoms with Crippen LogP contribution in [-0.4, -0.2) is 36.6 Å². The summed E-state index contributed by atoms with van der Waals surface area (Å²) < 4.78 is 37.3. The fourth-order valence-corrected chi connectivity index (χ4v) is 3.48. The van der Waals surface area contributed by atoms with Gasteiger partial charge in [-0.2, -0.15) is 13.2 Å². The van der Waals surface area contributed by atoms with Gasteiger partial charge in [-0.25, -0.2) is 0 Å². The summed E-state index contributed by atoms with van der Waals surface area (Å²) in [6, 6.07) is 7.21. The van der Waals surface area contributed by atoms with Gasteiger partial charge in [-0.1, -0.05) is 26.0 Å². The highest BCUT2D eigenvalue weighted by molar-refractivity contribution is 8.00. The van der Waals surface area contributed by atoms with Gasteiger partial charge in [-0.05, 0) is 48.2 Å². The fraction of sp³-hybridized carbons (Fsp3) is 0.647. The van der Waals surface area contributed by atoms with Gasteiger partial charge in [-0.15, -0.1) is 24.8 Å². The summed E-state index contributed by atoms with van der Waals surface area (Å²) >= 11 is -0.0486. The Kier molecular flexibility index (Phi) is 11.5. The molecule has 1 aromatic carbocycles. The number of piperazine rings is 1. The lowest BCUT2D eigenvalue weighted by Gasteiger charge is -2.35. The molecule has 0 bridgehead atoms. The summed E-state index contributed by atoms with van der Waals surface area (Å²) in [6.45, 7) is 8.33. The van der Waals surface area contributed by atoms with Crippen LogP contribution in [-0.2, 0) is 0 Å². The highest BCUT2D eigenvalue weighted by atomic mass is 35.5. The van der Waals surface area contributed by atoms with Crippen molar-refractivity contribution < 1.29 is 13.2 Å². The summed E-state index contributed by atoms with van der Waals surface area (Å²) in [6.07, 6.45) is 2.16. The van der Waals surface area contributed by atoms with Crippen LogP contribution in [0, 0.1) is 5.92 Å². The molecule has 2 nitrogen and oxygen atoms in total. The van der Waals surface area contributed by atoms with Gasteiger partial charge in [0.25, 0.3) is 0 Å². The Morgan fingerprint density at radius 1 is 1.04 bits per heavy atom. The van der Waals surface area contributed by atoms with Crippen molar-refractivity contribution in [2.75, 3.05) is 26.2 Å². The highest BCUT2D eigenvalue weighted by Crippen LogP contribution is 2.37. The first-order valence-corrected chi connectivity index (χ1v) is 8.97. The molecule has 0 unspecified atom stereocenters. The van der Waals surface area contributed by atoms with Crippen LogP contribution in [0.1, 0.15) is 38.3 Å². The van der Waals surface area contributed by atoms with Gasteiger partial charge in [-0.3, -0.25) is 4.90 Å². The van der Waals surface area contributed by atoms with E-state index in [0.29, 0.717) is 12.0 Å². The zero-order chi connectivity index (χ0) is 16.9. The van der Waals surface area contributed by atoms with E-state index in [1.807, 2.05) is 12.1 Å². The molecule has 8 heteroatoms. The van der Waals surface area contributed by atoms with Crippen LogP contribution in [0.5, 0.6) is 0 Å². The van der Waals surface area contributed by atoms with Crippen molar-refractivity contribution in [3.05, 3.63) is 29.8 Å². The van der Waals surface area contributed by atoms with Crippen molar-refractivity contribution in [1.29, 1.82) is 0 Å². The van der Waals surface area contributed by atoms with Gasteiger partial charge in [0.05, 0.1) is 0 Å². The Morgan fingerprint density at radius 3 is 2.08 bits per heavy atom. The molecule has 1 aromatic rings. The monoisotopic (exact) mass is 418 g/mol. The van der Waals surface area contributed by atoms with Crippen molar-refractivity contribution >= 4 is 36.6 Å². The third-order valence-corrected chi connectivity index (χ3v) is 4.85. The number of halogens is 5. The summed E-state index contributed by atoms with van der Waals surface area (Å²) in [7, 11) is 0. The van der Waals surface area contributed by atoms with Gasteiger partial charge in [0.2, 0.25) is 0 Å². The van der Waals surface area contributed by atoms with E-state index < -0.39 is 5.51 Å². The topological polar surface area (TPSA) is 15.3 Å². The van der Waals surface area contributed by atoms with Gasteiger partial charge in [0.1, 0.15) is 0 Å². The molecule has 1 aliphatic heterocycles. The average molecular weight is 419 g/mol. The highest BCUT2D eigenvalue weighted by Gasteiger charge is 2.29. The van der Waals surface area contributed by atoms with Crippen molar-refractivity contribution in [2.45, 2.75) is 43.1 Å². The van der Waals surface area contributed by atoms with Crippen LogP contribution < -0.4 is 5.32 Å². The molecular weight excluding hydrogens is 392 g/mol. The first kappa shape index (κ1) is 24.9. The SMILES string of the molecule is CC(C)CC[C@@H](c1ccc(SC(F)(F)F)cc1)N1CCNCC1.Cl.Cl. The first-order chi connectivity index (χ1) is 10.8. The van der Waals surface area contributed by atoms with Gasteiger partial charge >= 0.3 is 5.51 Å². The molecule has 1 saturated heterocycles. The zero-order valence-corrected chi connectivity index (χ0v) is 17.0. The summed E-state index contributed by atoms with van der Waals surface area (Å²) in [5.41, 5.74) is -3.10. The van der Waals surface area contributed by atoms with Crippen LogP contribution in [0.25, 0.3) is 0 Å². The van der Waals surface area contributed by atoms with Crippen LogP contribution in [0.3, 0.4) is 0 Å². The second-order valence-electron chi connectivity index (χ2n) is 6.39. The van der Waals surface area contributed by atoms with Gasteiger partial charge in [0.15, 0.2) is 0 Å². The predicted molar refractivity (Wildman–Crippen MR) is 104 cm³/mol. The molecule has 0 radical (unpaired) electrons. The maximum absolute atomic E-state index is 12.4. The average Bonchev–Trinajstić information content (AvgIpc) is 2.48. The maximum atomic E-state index is 12.4. The van der Waals surface area contributed by atoms with Gasteiger partial charge < -0.3 is 5.32 Å². The molecule has 1 atom stereocenters. The Balaban J connectivity index is 0.00000288. The molecular formula is C17H27Cl2F3N2S. The number of rotatable bonds is 6. The number of alkyl halides is 3. The summed E-state index contributed by atoms with van der Waals surface area (Å²) in [5.74, 6) is 0.625. The number of nitrogens with zero attached hydrogens (tertiary/aromatic N) is 1. The normalized spacial score (nSPS) is 16.9. The van der Waals surface area contributed by atoms with Crippen LogP contribution in [0.4, 0.5) is 13.2 Å². The molecule has 1 N–H and O–H groups in total. The smallest absolute Gasteiger partial charge is 0.314 e. The Morgan fingerprint density at radius 2 is 1.60 bits per heavy atom. The predicted octanol–water partition coefficient (Wildman–Crippen LogP) is 5.52. The van der Waals surface area contributed by atoms with E-state index in [0.717, 1.165) is 44.6 Å². The molecule has 0 amide bonds. The van der Waals surface area contributed by atoms with Crippen LogP contribution >= 0.6 is 36.6 Å². The molecule has 1 aliphatic rings. The second kappa shape index (κ2) is 11.5. The molecule has 0 aromatic heterocycles. The minimum atomic E-state index is -4.23. The van der Waals surface area contributed by atoms with E-state index in [9.17, 15) is 13.2 Å². The Bertz CT molecular complexity index is 478. The number of hydrogen-bond acceptors (Lipinski definition) is 3. The summed E-state index contributed by atoms with van der Waals surface area (Å²) in [4.78, 5) is 2.70. The molecule has 146 valence electrons. The lowest BCUT2D eigenvalue weighted by atomic mass is 9.96. The minimum absolute atomic E-state index is 0. The Hall–Kier alpha value is -0.140. The number of nitrogens with one attached hydrogen (secondary N) is 1. The van der Waals surface area contributed by atoms with Gasteiger partial charge in [0, 0.05) is 37.1 Å². The molecule has 0 aliphatic carbocycles. The number of hydrogen-bond donors (Lipinski definition) is 1. The largest absolute Gasteiger partial charge is 0.446 e. The van der Waals surface area contributed by atoms with E-state index in [4.69, 9.17) is 0 Å². The van der Waals surface area contributed by atoms with Crippen molar-refractivity contribution in [3.8, 4) is 0 Å². The second-order valence-corrected chi connectivity index (χ2v) is 7.53. The third kappa shape index (κ3) is 8.87.